The van der Waals surface area contributed by atoms with Crippen molar-refractivity contribution in [2.75, 3.05) is 0 Å². The molecule has 6 nitrogen and oxygen atoms in total. The van der Waals surface area contributed by atoms with Crippen LogP contribution in [0.15, 0.2) is 83.7 Å². The Kier molecular flexibility index (Phi) is 5.33. The molecular weight excluding hydrogens is 366 g/mol. The van der Waals surface area contributed by atoms with Crippen molar-refractivity contribution in [2.24, 2.45) is 0 Å². The molecule has 4 rings (SSSR count). The van der Waals surface area contributed by atoms with Crippen LogP contribution in [0.5, 0.6) is 5.75 Å². The Balaban J connectivity index is 1.49. The first-order valence-electron chi connectivity index (χ1n) is 9.22. The highest BCUT2D eigenvalue weighted by Gasteiger charge is 2.14. The number of fused-ring (bicyclic) bond motifs is 1. The molecule has 0 aliphatic heterocycles. The van der Waals surface area contributed by atoms with Crippen molar-refractivity contribution in [1.29, 1.82) is 0 Å². The average molecular weight is 385 g/mol. The fraction of sp³-hybridized carbons (Fsp3) is 0.0870. The maximum absolute atomic E-state index is 12.7. The molecule has 2 N–H and O–H groups in total. The van der Waals surface area contributed by atoms with Gasteiger partial charge in [0.25, 0.3) is 11.5 Å². The highest BCUT2D eigenvalue weighted by atomic mass is 16.5. The van der Waals surface area contributed by atoms with Crippen LogP contribution < -0.4 is 15.6 Å². The van der Waals surface area contributed by atoms with Crippen molar-refractivity contribution >= 4 is 16.7 Å². The number of hydrogen-bond acceptors (Lipinski definition) is 4. The zero-order valence-corrected chi connectivity index (χ0v) is 15.6. The number of carbonyl (C=O) groups excluding carboxylic acids is 1. The van der Waals surface area contributed by atoms with E-state index in [1.807, 2.05) is 54.6 Å². The predicted octanol–water partition coefficient (Wildman–Crippen LogP) is 3.43. The normalized spacial score (nSPS) is 10.6. The van der Waals surface area contributed by atoms with Gasteiger partial charge in [-0.05, 0) is 29.3 Å². The topological polar surface area (TPSA) is 84.1 Å². The van der Waals surface area contributed by atoms with Crippen LogP contribution in [0.25, 0.3) is 10.8 Å². The van der Waals surface area contributed by atoms with Gasteiger partial charge in [0.1, 0.15) is 12.4 Å². The molecule has 0 aliphatic rings. The van der Waals surface area contributed by atoms with Crippen molar-refractivity contribution in [3.63, 3.8) is 0 Å². The smallest absolute Gasteiger partial charge is 0.272 e. The van der Waals surface area contributed by atoms with Crippen LogP contribution in [0, 0.1) is 0 Å². The molecule has 1 heterocycles. The van der Waals surface area contributed by atoms with E-state index in [9.17, 15) is 9.59 Å². The van der Waals surface area contributed by atoms with E-state index >= 15 is 0 Å². The van der Waals surface area contributed by atoms with Crippen LogP contribution in [0.1, 0.15) is 21.6 Å². The lowest BCUT2D eigenvalue weighted by molar-refractivity contribution is 0.0946. The van der Waals surface area contributed by atoms with E-state index in [1.165, 1.54) is 0 Å². The van der Waals surface area contributed by atoms with Crippen molar-refractivity contribution in [1.82, 2.24) is 15.5 Å². The third kappa shape index (κ3) is 4.16. The highest BCUT2D eigenvalue weighted by molar-refractivity contribution is 6.04. The van der Waals surface area contributed by atoms with Gasteiger partial charge in [-0.15, -0.1) is 0 Å². The van der Waals surface area contributed by atoms with Crippen LogP contribution in [0.2, 0.25) is 0 Å². The van der Waals surface area contributed by atoms with Gasteiger partial charge >= 0.3 is 0 Å². The second-order valence-electron chi connectivity index (χ2n) is 6.50. The van der Waals surface area contributed by atoms with Gasteiger partial charge in [-0.25, -0.2) is 5.10 Å². The molecule has 0 saturated carbocycles. The zero-order valence-electron chi connectivity index (χ0n) is 15.6. The molecule has 0 radical (unpaired) electrons. The number of nitrogens with one attached hydrogen (secondary N) is 2. The molecule has 0 aliphatic carbocycles. The van der Waals surface area contributed by atoms with E-state index < -0.39 is 0 Å². The van der Waals surface area contributed by atoms with Gasteiger partial charge in [0, 0.05) is 11.9 Å². The summed E-state index contributed by atoms with van der Waals surface area (Å²) in [7, 11) is 0. The number of hydrogen-bond donors (Lipinski definition) is 2. The quantitative estimate of drug-likeness (QED) is 0.533. The van der Waals surface area contributed by atoms with Crippen LogP contribution in [0.3, 0.4) is 0 Å². The summed E-state index contributed by atoms with van der Waals surface area (Å²) < 4.78 is 5.83. The van der Waals surface area contributed by atoms with Crippen molar-refractivity contribution in [2.45, 2.75) is 13.2 Å². The number of ether oxygens (including phenoxy) is 1. The first-order chi connectivity index (χ1) is 14.2. The summed E-state index contributed by atoms with van der Waals surface area (Å²) in [5.74, 6) is 0.437. The Labute approximate surface area is 167 Å². The summed E-state index contributed by atoms with van der Waals surface area (Å²) in [6.45, 7) is 0.720. The van der Waals surface area contributed by atoms with Crippen molar-refractivity contribution in [3.05, 3.63) is 106 Å². The Morgan fingerprint density at radius 2 is 1.52 bits per heavy atom. The summed E-state index contributed by atoms with van der Waals surface area (Å²) in [5.41, 5.74) is 1.81. The number of amides is 1. The van der Waals surface area contributed by atoms with E-state index in [2.05, 4.69) is 15.5 Å². The van der Waals surface area contributed by atoms with Gasteiger partial charge in [-0.2, -0.15) is 5.10 Å². The molecule has 0 atom stereocenters. The maximum Gasteiger partial charge on any atom is 0.272 e. The molecule has 0 bridgehead atoms. The molecule has 1 amide bonds. The number of benzene rings is 3. The lowest BCUT2D eigenvalue weighted by Gasteiger charge is -2.12. The number of aromatic amines is 1. The summed E-state index contributed by atoms with van der Waals surface area (Å²) in [6.07, 6.45) is 0. The molecule has 0 fully saturated rings. The Morgan fingerprint density at radius 3 is 2.31 bits per heavy atom. The molecule has 4 aromatic rings. The van der Waals surface area contributed by atoms with Crippen molar-refractivity contribution in [3.8, 4) is 5.75 Å². The van der Waals surface area contributed by atoms with Crippen LogP contribution >= 0.6 is 0 Å². The average Bonchev–Trinajstić information content (AvgIpc) is 2.78. The van der Waals surface area contributed by atoms with Crippen LogP contribution in [0.4, 0.5) is 0 Å². The van der Waals surface area contributed by atoms with Gasteiger partial charge in [0.05, 0.1) is 5.39 Å². The molecule has 0 saturated heterocycles. The number of para-hydroxylation sites is 1. The number of nitrogens with zero attached hydrogens (tertiary/aromatic N) is 1. The summed E-state index contributed by atoms with van der Waals surface area (Å²) in [6, 6.07) is 24.3. The minimum atomic E-state index is -0.351. The van der Waals surface area contributed by atoms with E-state index in [4.69, 9.17) is 4.74 Å². The minimum Gasteiger partial charge on any atom is -0.489 e. The molecule has 0 spiro atoms. The number of carbonyl (C=O) groups is 1. The standard InChI is InChI=1S/C23H19N3O3/c27-22-20-13-7-6-12-19(20)21(25-26-22)23(28)24-14-16-8-4-5-9-17(16)15-29-18-10-2-1-3-11-18/h1-13H,14-15H2,(H,24,28)(H,26,27). The largest absolute Gasteiger partial charge is 0.489 e. The van der Waals surface area contributed by atoms with E-state index in [-0.39, 0.29) is 17.2 Å². The Bertz CT molecular complexity index is 1200. The lowest BCUT2D eigenvalue weighted by atomic mass is 10.1. The summed E-state index contributed by atoms with van der Waals surface area (Å²) in [4.78, 5) is 24.6. The maximum atomic E-state index is 12.7. The Hall–Kier alpha value is -3.93. The molecule has 3 aromatic carbocycles. The first-order valence-corrected chi connectivity index (χ1v) is 9.22. The van der Waals surface area contributed by atoms with Crippen LogP contribution in [-0.2, 0) is 13.2 Å². The molecule has 1 aromatic heterocycles. The molecular formula is C23H19N3O3. The van der Waals surface area contributed by atoms with Gasteiger partial charge < -0.3 is 10.1 Å². The third-order valence-corrected chi connectivity index (χ3v) is 4.61. The van der Waals surface area contributed by atoms with E-state index in [1.54, 1.807) is 24.3 Å². The molecule has 6 heteroatoms. The van der Waals surface area contributed by atoms with Crippen molar-refractivity contribution < 1.29 is 9.53 Å². The lowest BCUT2D eigenvalue weighted by Crippen LogP contribution is -2.26. The zero-order chi connectivity index (χ0) is 20.1. The Morgan fingerprint density at radius 1 is 0.862 bits per heavy atom. The molecule has 144 valence electrons. The highest BCUT2D eigenvalue weighted by Crippen LogP contribution is 2.16. The third-order valence-electron chi connectivity index (χ3n) is 4.61. The van der Waals surface area contributed by atoms with E-state index in [0.29, 0.717) is 23.9 Å². The van der Waals surface area contributed by atoms with Gasteiger partial charge in [0.2, 0.25) is 0 Å². The first kappa shape index (κ1) is 18.4. The monoisotopic (exact) mass is 385 g/mol. The number of H-pyrrole nitrogens is 1. The molecule has 0 unspecified atom stereocenters. The van der Waals surface area contributed by atoms with Gasteiger partial charge in [-0.1, -0.05) is 60.7 Å². The second kappa shape index (κ2) is 8.39. The number of rotatable bonds is 6. The van der Waals surface area contributed by atoms with Gasteiger partial charge in [0.15, 0.2) is 5.69 Å². The summed E-state index contributed by atoms with van der Waals surface area (Å²) >= 11 is 0. The predicted molar refractivity (Wildman–Crippen MR) is 111 cm³/mol. The summed E-state index contributed by atoms with van der Waals surface area (Å²) in [5, 5.41) is 10.2. The fourth-order valence-corrected chi connectivity index (χ4v) is 3.10. The fourth-order valence-electron chi connectivity index (χ4n) is 3.10. The SMILES string of the molecule is O=C(NCc1ccccc1COc1ccccc1)c1n[nH]c(=O)c2ccccc12. The van der Waals surface area contributed by atoms with Crippen LogP contribution in [-0.4, -0.2) is 16.1 Å². The van der Waals surface area contributed by atoms with E-state index in [0.717, 1.165) is 16.9 Å². The molecule has 29 heavy (non-hydrogen) atoms. The minimum absolute atomic E-state index is 0.193. The van der Waals surface area contributed by atoms with Gasteiger partial charge in [-0.3, -0.25) is 9.59 Å². The number of aromatic nitrogens is 2. The second-order valence-corrected chi connectivity index (χ2v) is 6.50.